The van der Waals surface area contributed by atoms with E-state index in [1.54, 1.807) is 0 Å². The van der Waals surface area contributed by atoms with Gasteiger partial charge in [-0.05, 0) is 51.7 Å². The number of hydrogen-bond acceptors (Lipinski definition) is 4. The van der Waals surface area contributed by atoms with Crippen molar-refractivity contribution >= 4 is 41.7 Å². The standard InChI is InChI=1S/C18H32N6S.HI/c1-4-19-18(21-15-6-5-7-16(10-15)25-3)20-11-14-8-9-17-23-22-13(2)24(17)12-14;/h14-16H,4-12H2,1-3H3,(H2,19,20,21);1H. The molecule has 3 unspecified atom stereocenters. The molecule has 1 saturated carbocycles. The lowest BCUT2D eigenvalue weighted by molar-refractivity contribution is 0.368. The predicted molar refractivity (Wildman–Crippen MR) is 121 cm³/mol. The van der Waals surface area contributed by atoms with Crippen molar-refractivity contribution in [1.29, 1.82) is 0 Å². The summed E-state index contributed by atoms with van der Waals surface area (Å²) in [5.74, 6) is 3.72. The van der Waals surface area contributed by atoms with Crippen LogP contribution in [0.5, 0.6) is 0 Å². The van der Waals surface area contributed by atoms with Gasteiger partial charge in [0.2, 0.25) is 0 Å². The van der Waals surface area contributed by atoms with E-state index in [-0.39, 0.29) is 24.0 Å². The van der Waals surface area contributed by atoms with Gasteiger partial charge in [0.15, 0.2) is 5.96 Å². The molecule has 1 aromatic rings. The highest BCUT2D eigenvalue weighted by Gasteiger charge is 2.23. The van der Waals surface area contributed by atoms with Crippen LogP contribution in [0.4, 0.5) is 0 Å². The fourth-order valence-electron chi connectivity index (χ4n) is 3.90. The predicted octanol–water partition coefficient (Wildman–Crippen LogP) is 3.00. The van der Waals surface area contributed by atoms with Gasteiger partial charge in [0, 0.05) is 37.3 Å². The SMILES string of the molecule is CCNC(=NCC1CCc2nnc(C)n2C1)NC1CCCC(SC)C1.I. The van der Waals surface area contributed by atoms with Gasteiger partial charge in [-0.15, -0.1) is 34.2 Å². The Morgan fingerprint density at radius 3 is 2.92 bits per heavy atom. The summed E-state index contributed by atoms with van der Waals surface area (Å²) in [5, 5.41) is 16.4. The number of thioether (sulfide) groups is 1. The molecule has 1 fully saturated rings. The van der Waals surface area contributed by atoms with Crippen LogP contribution in [0.25, 0.3) is 0 Å². The third kappa shape index (κ3) is 5.74. The molecule has 2 heterocycles. The van der Waals surface area contributed by atoms with Gasteiger partial charge in [0.05, 0.1) is 0 Å². The molecule has 8 heteroatoms. The highest BCUT2D eigenvalue weighted by atomic mass is 127. The number of nitrogens with zero attached hydrogens (tertiary/aromatic N) is 4. The number of guanidine groups is 1. The maximum absolute atomic E-state index is 4.90. The lowest BCUT2D eigenvalue weighted by atomic mass is 9.95. The molecule has 3 rings (SSSR count). The first-order chi connectivity index (χ1) is 12.2. The second kappa shape index (κ2) is 10.7. The minimum Gasteiger partial charge on any atom is -0.357 e. The first-order valence-corrected chi connectivity index (χ1v) is 10.9. The number of rotatable bonds is 5. The Labute approximate surface area is 178 Å². The summed E-state index contributed by atoms with van der Waals surface area (Å²) in [5.41, 5.74) is 0. The van der Waals surface area contributed by atoms with Crippen LogP contribution in [0.2, 0.25) is 0 Å². The highest BCUT2D eigenvalue weighted by molar-refractivity contribution is 14.0. The number of fused-ring (bicyclic) bond motifs is 1. The molecule has 1 aliphatic carbocycles. The third-order valence-electron chi connectivity index (χ3n) is 5.38. The van der Waals surface area contributed by atoms with E-state index >= 15 is 0 Å². The quantitative estimate of drug-likeness (QED) is 0.376. The van der Waals surface area contributed by atoms with E-state index in [4.69, 9.17) is 4.99 Å². The summed E-state index contributed by atoms with van der Waals surface area (Å²) in [6, 6.07) is 0.557. The fraction of sp³-hybridized carbons (Fsp3) is 0.833. The molecular weight excluding hydrogens is 459 g/mol. The van der Waals surface area contributed by atoms with Crippen molar-refractivity contribution in [2.45, 2.75) is 70.2 Å². The van der Waals surface area contributed by atoms with Crippen LogP contribution in [-0.2, 0) is 13.0 Å². The molecule has 0 aromatic carbocycles. The van der Waals surface area contributed by atoms with Crippen LogP contribution in [0.3, 0.4) is 0 Å². The number of nitrogens with one attached hydrogen (secondary N) is 2. The van der Waals surface area contributed by atoms with Gasteiger partial charge in [0.1, 0.15) is 11.6 Å². The average Bonchev–Trinajstić information content (AvgIpc) is 3.01. The van der Waals surface area contributed by atoms with E-state index in [1.807, 2.05) is 18.7 Å². The highest BCUT2D eigenvalue weighted by Crippen LogP contribution is 2.27. The molecule has 0 saturated heterocycles. The summed E-state index contributed by atoms with van der Waals surface area (Å²) >= 11 is 2.01. The van der Waals surface area contributed by atoms with E-state index in [0.717, 1.165) is 55.3 Å². The molecule has 0 amide bonds. The summed E-state index contributed by atoms with van der Waals surface area (Å²) in [4.78, 5) is 4.90. The largest absolute Gasteiger partial charge is 0.357 e. The molecule has 6 nitrogen and oxygen atoms in total. The number of halogens is 1. The summed E-state index contributed by atoms with van der Waals surface area (Å²) < 4.78 is 2.26. The zero-order valence-electron chi connectivity index (χ0n) is 16.2. The van der Waals surface area contributed by atoms with E-state index in [1.165, 1.54) is 25.7 Å². The molecule has 2 N–H and O–H groups in total. The molecule has 0 radical (unpaired) electrons. The van der Waals surface area contributed by atoms with E-state index in [9.17, 15) is 0 Å². The Bertz CT molecular complexity index is 590. The van der Waals surface area contributed by atoms with Crippen molar-refractivity contribution in [3.8, 4) is 0 Å². The van der Waals surface area contributed by atoms with Gasteiger partial charge >= 0.3 is 0 Å². The summed E-state index contributed by atoms with van der Waals surface area (Å²) in [7, 11) is 0. The Hall–Kier alpha value is -0.510. The van der Waals surface area contributed by atoms with E-state index in [0.29, 0.717) is 12.0 Å². The topological polar surface area (TPSA) is 67.1 Å². The normalized spacial score (nSPS) is 26.0. The monoisotopic (exact) mass is 492 g/mol. The molecule has 148 valence electrons. The number of hydrogen-bond donors (Lipinski definition) is 2. The van der Waals surface area contributed by atoms with Crippen LogP contribution in [0.1, 0.15) is 50.7 Å². The van der Waals surface area contributed by atoms with Gasteiger partial charge in [0.25, 0.3) is 0 Å². The van der Waals surface area contributed by atoms with E-state index < -0.39 is 0 Å². The smallest absolute Gasteiger partial charge is 0.191 e. The average molecular weight is 492 g/mol. The van der Waals surface area contributed by atoms with Gasteiger partial charge < -0.3 is 15.2 Å². The van der Waals surface area contributed by atoms with Crippen LogP contribution in [0, 0.1) is 12.8 Å². The maximum atomic E-state index is 4.90. The minimum absolute atomic E-state index is 0. The second-order valence-corrected chi connectivity index (χ2v) is 8.40. The molecule has 2 aliphatic rings. The van der Waals surface area contributed by atoms with E-state index in [2.05, 4.69) is 38.6 Å². The van der Waals surface area contributed by atoms with Crippen LogP contribution in [0.15, 0.2) is 4.99 Å². The van der Waals surface area contributed by atoms with Crippen LogP contribution in [-0.4, -0.2) is 51.4 Å². The molecular formula is C18H33IN6S. The third-order valence-corrected chi connectivity index (χ3v) is 6.48. The number of aliphatic imine (C=N–C) groups is 1. The van der Waals surface area contributed by atoms with Crippen LogP contribution < -0.4 is 10.6 Å². The van der Waals surface area contributed by atoms with Crippen molar-refractivity contribution < 1.29 is 0 Å². The lowest BCUT2D eigenvalue weighted by Crippen LogP contribution is -2.46. The van der Waals surface area contributed by atoms with Gasteiger partial charge in [-0.1, -0.05) is 6.42 Å². The van der Waals surface area contributed by atoms with Crippen molar-refractivity contribution in [2.24, 2.45) is 10.9 Å². The Balaban J connectivity index is 0.00000243. The van der Waals surface area contributed by atoms with Crippen molar-refractivity contribution in [2.75, 3.05) is 19.3 Å². The summed E-state index contributed by atoms with van der Waals surface area (Å²) in [6.45, 7) is 6.94. The minimum atomic E-state index is 0. The molecule has 3 atom stereocenters. The van der Waals surface area contributed by atoms with Crippen LogP contribution >= 0.6 is 35.7 Å². The number of aromatic nitrogens is 3. The molecule has 0 bridgehead atoms. The molecule has 26 heavy (non-hydrogen) atoms. The molecule has 1 aliphatic heterocycles. The zero-order chi connectivity index (χ0) is 17.6. The van der Waals surface area contributed by atoms with Crippen molar-refractivity contribution in [3.05, 3.63) is 11.6 Å². The number of aryl methyl sites for hydroxylation is 2. The van der Waals surface area contributed by atoms with Gasteiger partial charge in [-0.2, -0.15) is 11.8 Å². The Morgan fingerprint density at radius 1 is 1.31 bits per heavy atom. The van der Waals surface area contributed by atoms with Gasteiger partial charge in [-0.3, -0.25) is 4.99 Å². The second-order valence-electron chi connectivity index (χ2n) is 7.26. The Kier molecular flexibility index (Phi) is 8.99. The lowest BCUT2D eigenvalue weighted by Gasteiger charge is -2.30. The first-order valence-electron chi connectivity index (χ1n) is 9.66. The van der Waals surface area contributed by atoms with Crippen molar-refractivity contribution in [1.82, 2.24) is 25.4 Å². The zero-order valence-corrected chi connectivity index (χ0v) is 19.3. The van der Waals surface area contributed by atoms with Crippen molar-refractivity contribution in [3.63, 3.8) is 0 Å². The molecule has 1 aromatic heterocycles. The molecule has 0 spiro atoms. The first kappa shape index (κ1) is 21.8. The van der Waals surface area contributed by atoms with Gasteiger partial charge in [-0.25, -0.2) is 0 Å². The maximum Gasteiger partial charge on any atom is 0.191 e. The Morgan fingerprint density at radius 2 is 2.15 bits per heavy atom. The fourth-order valence-corrected chi connectivity index (χ4v) is 4.73. The summed E-state index contributed by atoms with van der Waals surface area (Å²) in [6.07, 6.45) is 9.59.